The number of benzene rings is 1. The van der Waals surface area contributed by atoms with Crippen molar-refractivity contribution in [2.24, 2.45) is 40.9 Å². The van der Waals surface area contributed by atoms with Crippen LogP contribution in [0.15, 0.2) is 18.2 Å². The third kappa shape index (κ3) is 4.05. The number of aliphatic hydroxyl groups is 1. The molecular weight excluding hydrogens is 460 g/mol. The number of nitriles is 1. The zero-order valence-electron chi connectivity index (χ0n) is 22.9. The van der Waals surface area contributed by atoms with Gasteiger partial charge in [0.25, 0.3) is 5.91 Å². The number of hydrogen-bond donors (Lipinski definition) is 1. The normalized spacial score (nSPS) is 41.4. The fourth-order valence-electron chi connectivity index (χ4n) is 10.2. The van der Waals surface area contributed by atoms with Crippen molar-refractivity contribution in [1.29, 1.82) is 5.26 Å². The van der Waals surface area contributed by atoms with Gasteiger partial charge in [0.15, 0.2) is 0 Å². The highest BCUT2D eigenvalue weighted by molar-refractivity contribution is 5.98. The number of fused-ring (bicyclic) bond motifs is 6. The van der Waals surface area contributed by atoms with E-state index in [1.54, 1.807) is 6.07 Å². The average Bonchev–Trinajstić information content (AvgIpc) is 3.43. The van der Waals surface area contributed by atoms with Gasteiger partial charge in [0, 0.05) is 24.8 Å². The minimum atomic E-state index is -0.616. The summed E-state index contributed by atoms with van der Waals surface area (Å²) in [4.78, 5) is 15.5. The van der Waals surface area contributed by atoms with Crippen LogP contribution >= 0.6 is 0 Å². The predicted molar refractivity (Wildman–Crippen MR) is 143 cm³/mol. The minimum Gasteiger partial charge on any atom is -0.387 e. The maximum Gasteiger partial charge on any atom is 0.254 e. The summed E-state index contributed by atoms with van der Waals surface area (Å²) in [6, 6.07) is 7.98. The summed E-state index contributed by atoms with van der Waals surface area (Å²) in [5.74, 6) is 4.48. The highest BCUT2D eigenvalue weighted by atomic mass is 16.5. The molecule has 4 saturated carbocycles. The molecule has 200 valence electrons. The lowest BCUT2D eigenvalue weighted by Gasteiger charge is -2.57. The molecular formula is C32H44N2O3. The molecule has 1 aromatic rings. The van der Waals surface area contributed by atoms with E-state index in [4.69, 9.17) is 4.74 Å². The van der Waals surface area contributed by atoms with Crippen LogP contribution in [0.4, 0.5) is 0 Å². The van der Waals surface area contributed by atoms with E-state index in [2.05, 4.69) is 24.8 Å². The Balaban J connectivity index is 1.16. The Morgan fingerprint density at radius 3 is 2.73 bits per heavy atom. The van der Waals surface area contributed by atoms with Gasteiger partial charge in [-0.25, -0.2) is 0 Å². The molecule has 0 radical (unpaired) electrons. The molecule has 9 atom stereocenters. The molecule has 0 saturated heterocycles. The van der Waals surface area contributed by atoms with Crippen LogP contribution in [0.25, 0.3) is 0 Å². The van der Waals surface area contributed by atoms with Crippen molar-refractivity contribution in [3.8, 4) is 6.07 Å². The summed E-state index contributed by atoms with van der Waals surface area (Å²) in [6.07, 6.45) is 10.6. The molecule has 5 nitrogen and oxygen atoms in total. The van der Waals surface area contributed by atoms with Gasteiger partial charge in [-0.05, 0) is 136 Å². The average molecular weight is 505 g/mol. The first-order valence-corrected chi connectivity index (χ1v) is 14.9. The Bertz CT molecular complexity index is 1100. The van der Waals surface area contributed by atoms with E-state index >= 15 is 0 Å². The van der Waals surface area contributed by atoms with Gasteiger partial charge in [-0.15, -0.1) is 0 Å². The molecule has 1 aromatic carbocycles. The first-order valence-electron chi connectivity index (χ1n) is 14.9. The maximum atomic E-state index is 13.4. The van der Waals surface area contributed by atoms with Gasteiger partial charge < -0.3 is 14.7 Å². The monoisotopic (exact) mass is 504 g/mol. The number of carbonyl (C=O) groups excluding carboxylic acids is 1. The van der Waals surface area contributed by atoms with E-state index in [0.717, 1.165) is 54.1 Å². The molecule has 0 spiro atoms. The second kappa shape index (κ2) is 9.38. The van der Waals surface area contributed by atoms with Gasteiger partial charge in [0.1, 0.15) is 0 Å². The van der Waals surface area contributed by atoms with Crippen LogP contribution in [0.5, 0.6) is 0 Å². The van der Waals surface area contributed by atoms with Gasteiger partial charge in [0.05, 0.1) is 23.8 Å². The SMILES string of the molecule is CCOC[C@@]1(O)CC[C@H]2C(CC[C@@H]3[C@@H]2CC[C@]2(C)[C@@H]([C@@H](C)N4Cc5cc(C#N)ccc5C4=O)CC[C@@H]32)C1. The van der Waals surface area contributed by atoms with Crippen LogP contribution in [0, 0.1) is 52.3 Å². The molecule has 5 heteroatoms. The van der Waals surface area contributed by atoms with Crippen molar-refractivity contribution in [2.75, 3.05) is 13.2 Å². The second-order valence-corrected chi connectivity index (χ2v) is 13.4. The smallest absolute Gasteiger partial charge is 0.254 e. The van der Waals surface area contributed by atoms with Crippen LogP contribution in [0.2, 0.25) is 0 Å². The van der Waals surface area contributed by atoms with E-state index in [9.17, 15) is 15.2 Å². The van der Waals surface area contributed by atoms with Crippen LogP contribution in [0.3, 0.4) is 0 Å². The van der Waals surface area contributed by atoms with Gasteiger partial charge in [-0.2, -0.15) is 5.26 Å². The van der Waals surface area contributed by atoms with Gasteiger partial charge in [-0.3, -0.25) is 4.79 Å². The molecule has 1 N–H and O–H groups in total. The van der Waals surface area contributed by atoms with Crippen LogP contribution < -0.4 is 0 Å². The number of rotatable bonds is 5. The molecule has 1 heterocycles. The first-order chi connectivity index (χ1) is 17.8. The van der Waals surface area contributed by atoms with Crippen LogP contribution in [-0.4, -0.2) is 40.8 Å². The predicted octanol–water partition coefficient (Wildman–Crippen LogP) is 5.94. The Kier molecular flexibility index (Phi) is 6.44. The Morgan fingerprint density at radius 2 is 1.95 bits per heavy atom. The summed E-state index contributed by atoms with van der Waals surface area (Å²) in [5.41, 5.74) is 2.12. The molecule has 5 aliphatic rings. The fourth-order valence-corrected chi connectivity index (χ4v) is 10.2. The van der Waals surface area contributed by atoms with Gasteiger partial charge >= 0.3 is 0 Å². The fraction of sp³-hybridized carbons (Fsp3) is 0.750. The molecule has 4 aliphatic carbocycles. The Morgan fingerprint density at radius 1 is 1.14 bits per heavy atom. The largest absolute Gasteiger partial charge is 0.387 e. The number of ether oxygens (including phenoxy) is 1. The number of hydrogen-bond acceptors (Lipinski definition) is 4. The first kappa shape index (κ1) is 25.4. The molecule has 37 heavy (non-hydrogen) atoms. The Hall–Kier alpha value is -1.90. The molecule has 0 aromatic heterocycles. The lowest BCUT2D eigenvalue weighted by atomic mass is 9.48. The highest BCUT2D eigenvalue weighted by Gasteiger charge is 2.59. The summed E-state index contributed by atoms with van der Waals surface area (Å²) >= 11 is 0. The Labute approximate surface area is 222 Å². The van der Waals surface area contributed by atoms with Gasteiger partial charge in [0.2, 0.25) is 0 Å². The van der Waals surface area contributed by atoms with Crippen LogP contribution in [0.1, 0.15) is 100 Å². The zero-order valence-corrected chi connectivity index (χ0v) is 22.9. The lowest BCUT2D eigenvalue weighted by molar-refractivity contribution is -0.129. The van der Waals surface area contributed by atoms with Crippen molar-refractivity contribution in [1.82, 2.24) is 4.90 Å². The van der Waals surface area contributed by atoms with Crippen molar-refractivity contribution in [2.45, 2.75) is 96.7 Å². The zero-order chi connectivity index (χ0) is 25.9. The van der Waals surface area contributed by atoms with E-state index in [1.807, 2.05) is 19.1 Å². The van der Waals surface area contributed by atoms with E-state index in [1.165, 1.54) is 38.5 Å². The topological polar surface area (TPSA) is 73.6 Å². The maximum absolute atomic E-state index is 13.4. The van der Waals surface area contributed by atoms with E-state index in [-0.39, 0.29) is 11.9 Å². The highest BCUT2D eigenvalue weighted by Crippen LogP contribution is 2.65. The molecule has 4 fully saturated rings. The van der Waals surface area contributed by atoms with Crippen molar-refractivity contribution in [3.05, 3.63) is 34.9 Å². The van der Waals surface area contributed by atoms with Crippen molar-refractivity contribution >= 4 is 5.91 Å². The summed E-state index contributed by atoms with van der Waals surface area (Å²) in [5, 5.41) is 20.5. The lowest BCUT2D eigenvalue weighted by Crippen LogP contribution is -2.53. The third-order valence-electron chi connectivity index (χ3n) is 11.9. The number of amides is 1. The van der Waals surface area contributed by atoms with Crippen molar-refractivity contribution < 1.29 is 14.6 Å². The molecule has 1 aliphatic heterocycles. The van der Waals surface area contributed by atoms with E-state index in [0.29, 0.717) is 42.6 Å². The number of nitrogens with zero attached hydrogens (tertiary/aromatic N) is 2. The summed E-state index contributed by atoms with van der Waals surface area (Å²) in [7, 11) is 0. The van der Waals surface area contributed by atoms with Crippen molar-refractivity contribution in [3.63, 3.8) is 0 Å². The summed E-state index contributed by atoms with van der Waals surface area (Å²) in [6.45, 7) is 8.67. The molecule has 1 unspecified atom stereocenters. The standard InChI is InChI=1S/C32H44N2O3/c1-4-37-19-32(36)14-12-24-22(16-32)6-8-27-26(24)11-13-31(3)28(9-10-29(27)31)20(2)34-18-23-15-21(17-33)5-7-25(23)30(34)35/h5,7,15,20,22,24,26-29,36H,4,6,8-14,16,18-19H2,1-3H3/t20-,22?,24+,26-,27-,28-,29+,31-,32-/m1/s1. The van der Waals surface area contributed by atoms with E-state index < -0.39 is 5.60 Å². The van der Waals surface area contributed by atoms with Gasteiger partial charge in [-0.1, -0.05) is 6.92 Å². The number of carbonyl (C=O) groups is 1. The van der Waals surface area contributed by atoms with Crippen LogP contribution in [-0.2, 0) is 11.3 Å². The second-order valence-electron chi connectivity index (χ2n) is 13.4. The molecule has 1 amide bonds. The molecule has 6 rings (SSSR count). The summed E-state index contributed by atoms with van der Waals surface area (Å²) < 4.78 is 5.66. The quantitative estimate of drug-likeness (QED) is 0.539. The third-order valence-corrected chi connectivity index (χ3v) is 11.9. The molecule has 0 bridgehead atoms. The minimum absolute atomic E-state index is 0.148.